The van der Waals surface area contributed by atoms with Crippen LogP contribution in [0.5, 0.6) is 0 Å². The van der Waals surface area contributed by atoms with Gasteiger partial charge in [-0.05, 0) is 23.2 Å². The highest BCUT2D eigenvalue weighted by Crippen LogP contribution is 2.52. The van der Waals surface area contributed by atoms with E-state index in [9.17, 15) is 22.4 Å². The van der Waals surface area contributed by atoms with E-state index < -0.39 is 42.0 Å². The molecule has 1 fully saturated rings. The normalized spacial score (nSPS) is 24.0. The van der Waals surface area contributed by atoms with Crippen LogP contribution in [-0.4, -0.2) is 42.0 Å². The molecule has 18 heavy (non-hydrogen) atoms. The van der Waals surface area contributed by atoms with E-state index in [2.05, 4.69) is 43.1 Å². The molecule has 0 aromatic heterocycles. The number of hydrogen-bond donors (Lipinski definition) is 1. The molecule has 0 spiro atoms. The van der Waals surface area contributed by atoms with Crippen LogP contribution in [0.15, 0.2) is 0 Å². The molecular formula is C7H7Cl2F4NO4. The van der Waals surface area contributed by atoms with E-state index in [4.69, 9.17) is 0 Å². The van der Waals surface area contributed by atoms with Crippen LogP contribution in [0.1, 0.15) is 0 Å². The lowest BCUT2D eigenvalue weighted by Crippen LogP contribution is -2.57. The first-order chi connectivity index (χ1) is 7.99. The van der Waals surface area contributed by atoms with E-state index in [1.54, 1.807) is 0 Å². The molecule has 0 radical (unpaired) electrons. The van der Waals surface area contributed by atoms with E-state index in [1.165, 1.54) is 0 Å². The Hall–Kier alpha value is -0.510. The van der Waals surface area contributed by atoms with Gasteiger partial charge in [0, 0.05) is 0 Å². The van der Waals surface area contributed by atoms with Crippen LogP contribution in [0.25, 0.3) is 0 Å². The monoisotopic (exact) mass is 315 g/mol. The maximum absolute atomic E-state index is 13.0. The Labute approximate surface area is 108 Å². The number of amides is 1. The molecule has 0 aromatic rings. The Morgan fingerprint density at radius 2 is 1.89 bits per heavy atom. The summed E-state index contributed by atoms with van der Waals surface area (Å²) in [5.74, 6) is -3.84. The zero-order valence-corrected chi connectivity index (χ0v) is 9.98. The van der Waals surface area contributed by atoms with Crippen molar-refractivity contribution in [2.75, 3.05) is 13.2 Å². The Bertz CT molecular complexity index is 318. The van der Waals surface area contributed by atoms with Gasteiger partial charge in [-0.15, -0.1) is 0 Å². The molecule has 1 aliphatic heterocycles. The van der Waals surface area contributed by atoms with Crippen molar-refractivity contribution in [2.45, 2.75) is 22.7 Å². The van der Waals surface area contributed by atoms with Gasteiger partial charge in [0.25, 0.3) is 0 Å². The van der Waals surface area contributed by atoms with Crippen LogP contribution >= 0.6 is 23.2 Å². The van der Waals surface area contributed by atoms with Crippen molar-refractivity contribution in [3.8, 4) is 0 Å². The number of carbonyl (C=O) groups is 1. The van der Waals surface area contributed by atoms with Gasteiger partial charge in [0.15, 0.2) is 0 Å². The third-order valence-electron chi connectivity index (χ3n) is 1.96. The highest BCUT2D eigenvalue weighted by Gasteiger charge is 2.74. The molecule has 0 aromatic carbocycles. The quantitative estimate of drug-likeness (QED) is 0.635. The Morgan fingerprint density at radius 3 is 2.22 bits per heavy atom. The van der Waals surface area contributed by atoms with E-state index in [0.717, 1.165) is 0 Å². The summed E-state index contributed by atoms with van der Waals surface area (Å²) >= 11 is 9.06. The van der Waals surface area contributed by atoms with Gasteiger partial charge in [-0.3, -0.25) is 0 Å². The Balaban J connectivity index is 2.83. The molecule has 0 aliphatic carbocycles. The first-order valence-corrected chi connectivity index (χ1v) is 5.12. The fourth-order valence-corrected chi connectivity index (χ4v) is 1.71. The van der Waals surface area contributed by atoms with Crippen molar-refractivity contribution in [1.29, 1.82) is 0 Å². The van der Waals surface area contributed by atoms with Crippen LogP contribution in [-0.2, 0) is 14.2 Å². The van der Waals surface area contributed by atoms with Crippen LogP contribution in [0.4, 0.5) is 22.4 Å². The lowest BCUT2D eigenvalue weighted by molar-refractivity contribution is -0.329. The first kappa shape index (κ1) is 15.5. The SMILES string of the molecule is NC(=O)OCC1COC(C(F)(F)Cl)(C(F)(F)Cl)O1. The number of primary amides is 1. The Kier molecular flexibility index (Phi) is 4.21. The van der Waals surface area contributed by atoms with Crippen molar-refractivity contribution in [1.82, 2.24) is 0 Å². The molecule has 1 heterocycles. The minimum absolute atomic E-state index is 0.656. The fraction of sp³-hybridized carbons (Fsp3) is 0.857. The molecule has 106 valence electrons. The highest BCUT2D eigenvalue weighted by molar-refractivity contribution is 6.26. The average molecular weight is 316 g/mol. The Morgan fingerprint density at radius 1 is 1.39 bits per heavy atom. The van der Waals surface area contributed by atoms with Gasteiger partial charge < -0.3 is 19.9 Å². The molecule has 5 nitrogen and oxygen atoms in total. The molecule has 1 atom stereocenters. The zero-order valence-electron chi connectivity index (χ0n) is 8.47. The van der Waals surface area contributed by atoms with E-state index in [-0.39, 0.29) is 0 Å². The van der Waals surface area contributed by atoms with Crippen LogP contribution in [0, 0.1) is 0 Å². The van der Waals surface area contributed by atoms with E-state index in [1.807, 2.05) is 0 Å². The maximum Gasteiger partial charge on any atom is 0.404 e. The predicted octanol–water partition coefficient (Wildman–Crippen LogP) is 1.86. The van der Waals surface area contributed by atoms with Crippen LogP contribution in [0.3, 0.4) is 0 Å². The van der Waals surface area contributed by atoms with Crippen molar-refractivity contribution >= 4 is 29.3 Å². The lowest BCUT2D eigenvalue weighted by atomic mass is 10.3. The smallest absolute Gasteiger partial charge is 0.404 e. The second kappa shape index (κ2) is 4.87. The minimum Gasteiger partial charge on any atom is -0.447 e. The van der Waals surface area contributed by atoms with Gasteiger partial charge in [-0.1, -0.05) is 0 Å². The molecule has 2 N–H and O–H groups in total. The fourth-order valence-electron chi connectivity index (χ4n) is 1.23. The first-order valence-electron chi connectivity index (χ1n) is 4.37. The maximum atomic E-state index is 13.0. The molecule has 0 bridgehead atoms. The number of hydrogen-bond acceptors (Lipinski definition) is 4. The largest absolute Gasteiger partial charge is 0.447 e. The van der Waals surface area contributed by atoms with Crippen molar-refractivity contribution in [3.05, 3.63) is 0 Å². The standard InChI is InChI=1S/C7H7Cl2F4NO4/c8-6(10,11)5(7(9,12)13)17-2-3(18-5)1-16-4(14)15/h3H,1-2H2,(H2,14,15). The number of rotatable bonds is 4. The zero-order chi connectivity index (χ0) is 14.2. The third-order valence-corrected chi connectivity index (χ3v) is 2.46. The summed E-state index contributed by atoms with van der Waals surface area (Å²) in [7, 11) is 0. The molecule has 1 unspecified atom stereocenters. The number of nitrogens with two attached hydrogens (primary N) is 1. The van der Waals surface area contributed by atoms with E-state index in [0.29, 0.717) is 0 Å². The second-order valence-corrected chi connectivity index (χ2v) is 4.24. The molecule has 1 amide bonds. The van der Waals surface area contributed by atoms with Crippen LogP contribution in [0.2, 0.25) is 0 Å². The van der Waals surface area contributed by atoms with Gasteiger partial charge in [0.2, 0.25) is 0 Å². The second-order valence-electron chi connectivity index (χ2n) is 3.29. The third kappa shape index (κ3) is 2.90. The van der Waals surface area contributed by atoms with Gasteiger partial charge in [0.05, 0.1) is 6.61 Å². The summed E-state index contributed by atoms with van der Waals surface area (Å²) in [5, 5.41) is -9.19. The van der Waals surface area contributed by atoms with Crippen molar-refractivity contribution in [3.63, 3.8) is 0 Å². The number of ether oxygens (including phenoxy) is 3. The van der Waals surface area contributed by atoms with E-state index >= 15 is 0 Å². The molecule has 1 aliphatic rings. The van der Waals surface area contributed by atoms with Gasteiger partial charge in [-0.2, -0.15) is 17.6 Å². The van der Waals surface area contributed by atoms with Crippen molar-refractivity contribution < 1.29 is 36.6 Å². The predicted molar refractivity (Wildman–Crippen MR) is 50.7 cm³/mol. The highest BCUT2D eigenvalue weighted by atomic mass is 35.5. The minimum atomic E-state index is -4.60. The summed E-state index contributed by atoms with van der Waals surface area (Å²) < 4.78 is 64.6. The van der Waals surface area contributed by atoms with Gasteiger partial charge in [0.1, 0.15) is 12.7 Å². The number of halogens is 6. The van der Waals surface area contributed by atoms with Gasteiger partial charge >= 0.3 is 22.6 Å². The molecule has 1 saturated heterocycles. The molecule has 1 rings (SSSR count). The average Bonchev–Trinajstić information content (AvgIpc) is 2.57. The summed E-state index contributed by atoms with van der Waals surface area (Å²) in [6.07, 6.45) is -2.63. The summed E-state index contributed by atoms with van der Waals surface area (Å²) in [4.78, 5) is 10.3. The molecule has 11 heteroatoms. The molecular weight excluding hydrogens is 309 g/mol. The van der Waals surface area contributed by atoms with Gasteiger partial charge in [-0.25, -0.2) is 4.79 Å². The summed E-state index contributed by atoms with van der Waals surface area (Å²) in [6, 6.07) is 0. The number of alkyl halides is 6. The van der Waals surface area contributed by atoms with Crippen LogP contribution < -0.4 is 5.73 Å². The topological polar surface area (TPSA) is 70.8 Å². The van der Waals surface area contributed by atoms with Crippen molar-refractivity contribution in [2.24, 2.45) is 5.73 Å². The summed E-state index contributed by atoms with van der Waals surface area (Å²) in [6.45, 7) is -1.38. The molecule has 0 saturated carbocycles. The number of carbonyl (C=O) groups excluding carboxylic acids is 1. The lowest BCUT2D eigenvalue weighted by Gasteiger charge is -2.34. The summed E-state index contributed by atoms with van der Waals surface area (Å²) in [5.41, 5.74) is 4.60.